The lowest BCUT2D eigenvalue weighted by Gasteiger charge is -2.53. The van der Waals surface area contributed by atoms with Gasteiger partial charge in [-0.25, -0.2) is 0 Å². The molecule has 150 valence electrons. The van der Waals surface area contributed by atoms with E-state index in [-0.39, 0.29) is 11.8 Å². The average Bonchev–Trinajstić information content (AvgIpc) is 2.69. The Kier molecular flexibility index (Phi) is 5.30. The maximum atomic E-state index is 11.8. The molecule has 1 saturated heterocycles. The topological polar surface area (TPSA) is 54.8 Å². The third kappa shape index (κ3) is 3.27. The molecule has 2 aromatic rings. The highest BCUT2D eigenvalue weighted by molar-refractivity contribution is 5.43. The van der Waals surface area contributed by atoms with E-state index in [1.165, 1.54) is 12.0 Å². The number of hydrogen-bond donors (Lipinski definition) is 1. The molecule has 1 N–H and O–H groups in total. The number of aliphatic hydroxyl groups is 1. The van der Waals surface area contributed by atoms with Gasteiger partial charge < -0.3 is 14.6 Å². The van der Waals surface area contributed by atoms with Crippen molar-refractivity contribution >= 4 is 0 Å². The minimum atomic E-state index is -0.808. The molecule has 1 aliphatic heterocycles. The Bertz CT molecular complexity index is 824. The predicted molar refractivity (Wildman–Crippen MR) is 109 cm³/mol. The first kappa shape index (κ1) is 19.2. The van der Waals surface area contributed by atoms with E-state index in [1.54, 1.807) is 14.2 Å². The summed E-state index contributed by atoms with van der Waals surface area (Å²) in [7, 11) is 3.33. The zero-order valence-electron chi connectivity index (χ0n) is 17.0. The van der Waals surface area contributed by atoms with Crippen LogP contribution in [0, 0.1) is 18.8 Å². The Morgan fingerprint density at radius 2 is 1.82 bits per heavy atom. The summed E-state index contributed by atoms with van der Waals surface area (Å²) in [5.74, 6) is 1.95. The largest absolute Gasteiger partial charge is 0.493 e. The van der Waals surface area contributed by atoms with Gasteiger partial charge in [-0.3, -0.25) is 9.88 Å². The normalized spacial score (nSPS) is 27.4. The molecule has 2 atom stereocenters. The average molecular weight is 383 g/mol. The summed E-state index contributed by atoms with van der Waals surface area (Å²) in [6, 6.07) is 10.1. The molecule has 4 rings (SSSR count). The van der Waals surface area contributed by atoms with E-state index in [0.717, 1.165) is 55.2 Å². The second-order valence-electron chi connectivity index (χ2n) is 8.20. The molecule has 2 bridgehead atoms. The van der Waals surface area contributed by atoms with Crippen LogP contribution in [0.15, 0.2) is 36.5 Å². The number of piperidine rings is 1. The molecular weight excluding hydrogens is 352 g/mol. The van der Waals surface area contributed by atoms with Gasteiger partial charge in [-0.2, -0.15) is 0 Å². The molecule has 1 aromatic carbocycles. The molecule has 2 aliphatic rings. The van der Waals surface area contributed by atoms with Crippen LogP contribution in [0.2, 0.25) is 0 Å². The van der Waals surface area contributed by atoms with Crippen molar-refractivity contribution in [1.29, 1.82) is 0 Å². The van der Waals surface area contributed by atoms with Crippen molar-refractivity contribution in [3.05, 3.63) is 53.3 Å². The fraction of sp³-hybridized carbons (Fsp3) is 0.522. The quantitative estimate of drug-likeness (QED) is 0.857. The van der Waals surface area contributed by atoms with E-state index < -0.39 is 5.60 Å². The van der Waals surface area contributed by atoms with Crippen LogP contribution in [-0.4, -0.2) is 42.3 Å². The number of nitrogens with zero attached hydrogens (tertiary/aromatic N) is 2. The summed E-state index contributed by atoms with van der Waals surface area (Å²) in [6.07, 6.45) is 5.09. The summed E-state index contributed by atoms with van der Waals surface area (Å²) in [4.78, 5) is 7.08. The molecule has 5 heteroatoms. The van der Waals surface area contributed by atoms with Gasteiger partial charge in [0.25, 0.3) is 0 Å². The van der Waals surface area contributed by atoms with Crippen LogP contribution in [-0.2, 0) is 12.1 Å². The van der Waals surface area contributed by atoms with Crippen LogP contribution >= 0.6 is 0 Å². The molecule has 1 saturated carbocycles. The lowest BCUT2D eigenvalue weighted by atomic mass is 9.63. The summed E-state index contributed by atoms with van der Waals surface area (Å²) >= 11 is 0. The van der Waals surface area contributed by atoms with Gasteiger partial charge in [-0.1, -0.05) is 18.6 Å². The van der Waals surface area contributed by atoms with Crippen molar-refractivity contribution in [3.63, 3.8) is 0 Å². The molecular formula is C23H30N2O3. The monoisotopic (exact) mass is 382 g/mol. The number of ether oxygens (including phenoxy) is 2. The van der Waals surface area contributed by atoms with Gasteiger partial charge in [0.1, 0.15) is 5.60 Å². The van der Waals surface area contributed by atoms with Gasteiger partial charge in [0.15, 0.2) is 11.5 Å². The van der Waals surface area contributed by atoms with E-state index >= 15 is 0 Å². The summed E-state index contributed by atoms with van der Waals surface area (Å²) in [5.41, 5.74) is 2.37. The molecule has 2 heterocycles. The third-order valence-electron chi connectivity index (χ3n) is 6.55. The molecule has 0 spiro atoms. The molecule has 2 fully saturated rings. The second kappa shape index (κ2) is 7.72. The standard InChI is InChI=1S/C23H30N2O3/c1-16-6-5-11-24-22(16)23(26)18-7-4-8-19(23)15-25(14-18)13-17-9-10-20(27-2)21(12-17)28-3/h5-6,9-12,18-19,26H,4,7-8,13-15H2,1-3H3/t18-,19-/m0/s1. The van der Waals surface area contributed by atoms with E-state index in [1.807, 2.05) is 18.3 Å². The van der Waals surface area contributed by atoms with Gasteiger partial charge in [0.2, 0.25) is 0 Å². The highest BCUT2D eigenvalue weighted by atomic mass is 16.5. The molecule has 5 nitrogen and oxygen atoms in total. The zero-order valence-corrected chi connectivity index (χ0v) is 17.0. The maximum Gasteiger partial charge on any atom is 0.161 e. The Balaban J connectivity index is 1.56. The van der Waals surface area contributed by atoms with Crippen LogP contribution in [0.1, 0.15) is 36.1 Å². The van der Waals surface area contributed by atoms with Crippen molar-refractivity contribution in [1.82, 2.24) is 9.88 Å². The van der Waals surface area contributed by atoms with E-state index in [2.05, 4.69) is 35.0 Å². The van der Waals surface area contributed by atoms with Crippen LogP contribution < -0.4 is 9.47 Å². The van der Waals surface area contributed by atoms with Crippen molar-refractivity contribution in [2.45, 2.75) is 38.3 Å². The number of likely N-dealkylation sites (tertiary alicyclic amines) is 1. The van der Waals surface area contributed by atoms with Crippen LogP contribution in [0.5, 0.6) is 11.5 Å². The highest BCUT2D eigenvalue weighted by Gasteiger charge is 2.52. The fourth-order valence-corrected chi connectivity index (χ4v) is 5.20. The number of aromatic nitrogens is 1. The number of methoxy groups -OCH3 is 2. The Hall–Kier alpha value is -2.11. The van der Waals surface area contributed by atoms with Crippen LogP contribution in [0.3, 0.4) is 0 Å². The summed E-state index contributed by atoms with van der Waals surface area (Å²) < 4.78 is 10.8. The first-order valence-corrected chi connectivity index (χ1v) is 10.1. The Morgan fingerprint density at radius 1 is 1.11 bits per heavy atom. The minimum absolute atomic E-state index is 0.216. The first-order chi connectivity index (χ1) is 13.6. The Morgan fingerprint density at radius 3 is 2.46 bits per heavy atom. The number of fused-ring (bicyclic) bond motifs is 2. The van der Waals surface area contributed by atoms with Crippen molar-refractivity contribution < 1.29 is 14.6 Å². The van der Waals surface area contributed by atoms with Gasteiger partial charge in [0, 0.05) is 37.7 Å². The number of rotatable bonds is 5. The van der Waals surface area contributed by atoms with Crippen LogP contribution in [0.25, 0.3) is 0 Å². The number of pyridine rings is 1. The van der Waals surface area contributed by atoms with E-state index in [0.29, 0.717) is 0 Å². The van der Waals surface area contributed by atoms with Gasteiger partial charge in [-0.15, -0.1) is 0 Å². The first-order valence-electron chi connectivity index (χ1n) is 10.1. The van der Waals surface area contributed by atoms with Crippen molar-refractivity contribution in [2.24, 2.45) is 11.8 Å². The molecule has 0 unspecified atom stereocenters. The lowest BCUT2D eigenvalue weighted by molar-refractivity contribution is -0.151. The maximum absolute atomic E-state index is 11.8. The SMILES string of the molecule is COc1ccc(CN2C[C@@H]3CCC[C@@H](C2)C3(O)c2ncccc2C)cc1OC. The molecule has 1 aromatic heterocycles. The summed E-state index contributed by atoms with van der Waals surface area (Å²) in [5, 5.41) is 11.8. The van der Waals surface area contributed by atoms with Crippen molar-refractivity contribution in [3.8, 4) is 11.5 Å². The third-order valence-corrected chi connectivity index (χ3v) is 6.55. The van der Waals surface area contributed by atoms with E-state index in [9.17, 15) is 5.11 Å². The smallest absolute Gasteiger partial charge is 0.161 e. The summed E-state index contributed by atoms with van der Waals surface area (Å²) in [6.45, 7) is 4.69. The molecule has 1 aliphatic carbocycles. The van der Waals surface area contributed by atoms with Gasteiger partial charge in [0.05, 0.1) is 19.9 Å². The van der Waals surface area contributed by atoms with Crippen LogP contribution in [0.4, 0.5) is 0 Å². The van der Waals surface area contributed by atoms with Crippen molar-refractivity contribution in [2.75, 3.05) is 27.3 Å². The highest BCUT2D eigenvalue weighted by Crippen LogP contribution is 2.49. The van der Waals surface area contributed by atoms with Gasteiger partial charge >= 0.3 is 0 Å². The predicted octanol–water partition coefficient (Wildman–Crippen LogP) is 3.53. The fourth-order valence-electron chi connectivity index (χ4n) is 5.20. The zero-order chi connectivity index (χ0) is 19.7. The number of aryl methyl sites for hydroxylation is 1. The minimum Gasteiger partial charge on any atom is -0.493 e. The molecule has 0 amide bonds. The molecule has 28 heavy (non-hydrogen) atoms. The number of benzene rings is 1. The van der Waals surface area contributed by atoms with E-state index in [4.69, 9.17) is 9.47 Å². The Labute approximate surface area is 167 Å². The second-order valence-corrected chi connectivity index (χ2v) is 8.20. The number of hydrogen-bond acceptors (Lipinski definition) is 5. The lowest BCUT2D eigenvalue weighted by Crippen LogP contribution is -2.58. The molecule has 0 radical (unpaired) electrons. The van der Waals surface area contributed by atoms with Gasteiger partial charge in [-0.05, 0) is 49.1 Å².